The van der Waals surface area contributed by atoms with Gasteiger partial charge in [0.25, 0.3) is 0 Å². The van der Waals surface area contributed by atoms with Gasteiger partial charge in [0.1, 0.15) is 0 Å². The van der Waals surface area contributed by atoms with Crippen LogP contribution in [0.1, 0.15) is 44.4 Å². The van der Waals surface area contributed by atoms with E-state index in [1.165, 1.54) is 11.1 Å². The summed E-state index contributed by atoms with van der Waals surface area (Å²) in [6, 6.07) is 41.6. The summed E-state index contributed by atoms with van der Waals surface area (Å²) in [4.78, 5) is 0. The third-order valence-corrected chi connectivity index (χ3v) is 10.0. The molecule has 6 aromatic rings. The Hall–Kier alpha value is -4.80. The van der Waals surface area contributed by atoms with Crippen molar-refractivity contribution in [3.05, 3.63) is 155 Å². The molecule has 2 unspecified atom stereocenters. The molecule has 2 aromatic heterocycles. The van der Waals surface area contributed by atoms with Crippen molar-refractivity contribution >= 4 is 34.9 Å². The number of hydrogen-bond acceptors (Lipinski definition) is 8. The Morgan fingerprint density at radius 1 is 0.455 bits per heavy atom. The molecule has 0 radical (unpaired) electrons. The maximum Gasteiger partial charge on any atom is 0.213 e. The van der Waals surface area contributed by atoms with Gasteiger partial charge >= 0.3 is 0 Å². The molecule has 2 aliphatic rings. The van der Waals surface area contributed by atoms with E-state index in [0.29, 0.717) is 12.8 Å². The van der Waals surface area contributed by atoms with Crippen LogP contribution in [0.2, 0.25) is 0 Å². The fourth-order valence-electron chi connectivity index (χ4n) is 5.46. The zero-order valence-corrected chi connectivity index (χ0v) is 25.1. The molecule has 0 N–H and O–H groups in total. The molecule has 4 heterocycles. The number of aromatic nitrogens is 6. The van der Waals surface area contributed by atoms with Gasteiger partial charge in [-0.15, -0.1) is 20.4 Å². The highest BCUT2D eigenvalue weighted by Crippen LogP contribution is 2.42. The van der Waals surface area contributed by atoms with E-state index in [2.05, 4.69) is 93.2 Å². The summed E-state index contributed by atoms with van der Waals surface area (Å²) in [6.45, 7) is 0. The zero-order chi connectivity index (χ0) is 29.3. The fraction of sp³-hybridized carbons (Fsp3) is 0.118. The maximum absolute atomic E-state index is 5.13. The van der Waals surface area contributed by atoms with Gasteiger partial charge in [-0.25, -0.2) is 0 Å². The number of benzene rings is 4. The van der Waals surface area contributed by atoms with E-state index in [-0.39, 0.29) is 10.5 Å². The van der Waals surface area contributed by atoms with Gasteiger partial charge in [0.05, 0.1) is 21.9 Å². The van der Waals surface area contributed by atoms with E-state index in [1.54, 1.807) is 23.5 Å². The topological polar surface area (TPSA) is 86.1 Å². The predicted molar refractivity (Wildman–Crippen MR) is 174 cm³/mol. The lowest BCUT2D eigenvalue weighted by molar-refractivity contribution is 0.656. The number of fused-ring (bicyclic) bond motifs is 2. The van der Waals surface area contributed by atoms with Crippen LogP contribution in [0, 0.1) is 0 Å². The Balaban J connectivity index is 1.11. The van der Waals surface area contributed by atoms with Crippen LogP contribution in [-0.4, -0.2) is 41.2 Å². The molecule has 0 saturated carbocycles. The molecular formula is C34H26N8S2. The van der Waals surface area contributed by atoms with E-state index in [4.69, 9.17) is 10.2 Å². The van der Waals surface area contributed by atoms with E-state index < -0.39 is 0 Å². The smallest absolute Gasteiger partial charge is 0.191 e. The minimum absolute atomic E-state index is 0.0204. The lowest BCUT2D eigenvalue weighted by Gasteiger charge is -2.24. The molecule has 0 bridgehead atoms. The fourth-order valence-corrected chi connectivity index (χ4v) is 7.73. The van der Waals surface area contributed by atoms with Crippen molar-refractivity contribution in [2.24, 2.45) is 10.2 Å². The van der Waals surface area contributed by atoms with Crippen molar-refractivity contribution in [3.63, 3.8) is 0 Å². The van der Waals surface area contributed by atoms with Crippen LogP contribution < -0.4 is 0 Å². The van der Waals surface area contributed by atoms with Crippen molar-refractivity contribution < 1.29 is 0 Å². The average Bonchev–Trinajstić information content (AvgIpc) is 3.70. The largest absolute Gasteiger partial charge is 0.213 e. The van der Waals surface area contributed by atoms with Gasteiger partial charge in [-0.3, -0.25) is 0 Å². The van der Waals surface area contributed by atoms with Crippen LogP contribution in [-0.2, 0) is 12.8 Å². The third kappa shape index (κ3) is 5.06. The zero-order valence-electron chi connectivity index (χ0n) is 23.5. The van der Waals surface area contributed by atoms with Crippen LogP contribution in [0.3, 0.4) is 0 Å². The molecule has 0 fully saturated rings. The Morgan fingerprint density at radius 2 is 0.818 bits per heavy atom. The highest BCUT2D eigenvalue weighted by atomic mass is 32.2. The normalized spacial score (nSPS) is 17.4. The molecule has 0 spiro atoms. The molecule has 4 aromatic carbocycles. The number of rotatable bonds is 7. The summed E-state index contributed by atoms with van der Waals surface area (Å²) in [5.41, 5.74) is 6.50. The molecule has 44 heavy (non-hydrogen) atoms. The van der Waals surface area contributed by atoms with Crippen LogP contribution in [0.25, 0.3) is 0 Å². The number of hydrogen-bond donors (Lipinski definition) is 0. The monoisotopic (exact) mass is 610 g/mol. The Morgan fingerprint density at radius 3 is 1.20 bits per heavy atom. The minimum Gasteiger partial charge on any atom is -0.191 e. The van der Waals surface area contributed by atoms with Gasteiger partial charge in [0.15, 0.2) is 11.6 Å². The molecular weight excluding hydrogens is 585 g/mol. The molecule has 8 nitrogen and oxygen atoms in total. The van der Waals surface area contributed by atoms with Crippen molar-refractivity contribution in [2.45, 2.75) is 33.7 Å². The first-order chi connectivity index (χ1) is 21.8. The lowest BCUT2D eigenvalue weighted by Crippen LogP contribution is -2.20. The van der Waals surface area contributed by atoms with Gasteiger partial charge in [0.2, 0.25) is 10.3 Å². The molecule has 0 amide bonds. The Kier molecular flexibility index (Phi) is 7.13. The van der Waals surface area contributed by atoms with Crippen molar-refractivity contribution in [1.29, 1.82) is 0 Å². The van der Waals surface area contributed by atoms with E-state index in [0.717, 1.165) is 44.5 Å². The lowest BCUT2D eigenvalue weighted by atomic mass is 10.0. The molecule has 0 saturated heterocycles. The standard InChI is InChI=1S/C34H26N8S2/c1-5-13-23(14-6-1)29-31(25-17-9-3-10-18-25)43-33-37-35-27(41(33)39-29)21-22-28-36-38-34-42(28)40-30(24-15-7-2-8-16-24)32(44-34)26-19-11-4-12-20-26/h1-20,31-32H,21-22H2. The summed E-state index contributed by atoms with van der Waals surface area (Å²) in [6.07, 6.45) is 1.19. The highest BCUT2D eigenvalue weighted by Gasteiger charge is 2.32. The summed E-state index contributed by atoms with van der Waals surface area (Å²) < 4.78 is 3.78. The average molecular weight is 611 g/mol. The second kappa shape index (κ2) is 11.7. The van der Waals surface area contributed by atoms with Crippen molar-refractivity contribution in [2.75, 3.05) is 0 Å². The first-order valence-electron chi connectivity index (χ1n) is 14.4. The first kappa shape index (κ1) is 26.8. The number of thioether (sulfide) groups is 2. The Labute approximate surface area is 263 Å². The van der Waals surface area contributed by atoms with E-state index in [1.807, 2.05) is 57.9 Å². The summed E-state index contributed by atoms with van der Waals surface area (Å²) in [7, 11) is 0. The van der Waals surface area contributed by atoms with Gasteiger partial charge in [-0.1, -0.05) is 145 Å². The van der Waals surface area contributed by atoms with Gasteiger partial charge < -0.3 is 0 Å². The van der Waals surface area contributed by atoms with Crippen molar-refractivity contribution in [1.82, 2.24) is 29.7 Å². The second-order valence-corrected chi connectivity index (χ2v) is 12.6. The maximum atomic E-state index is 5.13. The van der Waals surface area contributed by atoms with Crippen LogP contribution in [0.4, 0.5) is 0 Å². The summed E-state index contributed by atoms with van der Waals surface area (Å²) in [5, 5.41) is 30.1. The number of aryl methyl sites for hydroxylation is 2. The minimum atomic E-state index is 0.0204. The summed E-state index contributed by atoms with van der Waals surface area (Å²) in [5.74, 6) is 1.56. The third-order valence-electron chi connectivity index (χ3n) is 7.63. The first-order valence-corrected chi connectivity index (χ1v) is 16.2. The highest BCUT2D eigenvalue weighted by molar-refractivity contribution is 8.00. The van der Waals surface area contributed by atoms with E-state index in [9.17, 15) is 0 Å². The Bertz CT molecular complexity index is 1820. The molecule has 10 heteroatoms. The van der Waals surface area contributed by atoms with Gasteiger partial charge in [-0.2, -0.15) is 19.6 Å². The van der Waals surface area contributed by atoms with Crippen LogP contribution >= 0.6 is 23.5 Å². The quantitative estimate of drug-likeness (QED) is 0.196. The molecule has 2 atom stereocenters. The molecule has 8 rings (SSSR count). The number of nitrogens with zero attached hydrogens (tertiary/aromatic N) is 8. The molecule has 2 aliphatic heterocycles. The molecule has 0 aliphatic carbocycles. The predicted octanol–water partition coefficient (Wildman–Crippen LogP) is 6.85. The molecule has 214 valence electrons. The summed E-state index contributed by atoms with van der Waals surface area (Å²) >= 11 is 3.35. The second-order valence-electron chi connectivity index (χ2n) is 10.4. The van der Waals surface area contributed by atoms with Gasteiger partial charge in [-0.05, 0) is 22.3 Å². The van der Waals surface area contributed by atoms with Crippen LogP contribution in [0.5, 0.6) is 0 Å². The van der Waals surface area contributed by atoms with Crippen molar-refractivity contribution in [3.8, 4) is 0 Å². The van der Waals surface area contributed by atoms with Gasteiger partial charge in [0, 0.05) is 12.8 Å². The SMILES string of the molecule is c1ccc(C2=Nn3c(CCc4nnc5n4N=C(c4ccccc4)C(c4ccccc4)S5)nnc3SC2c2ccccc2)cc1. The van der Waals surface area contributed by atoms with E-state index >= 15 is 0 Å². The van der Waals surface area contributed by atoms with Crippen LogP contribution in [0.15, 0.2) is 142 Å².